The number of hydrogen-bond donors (Lipinski definition) is 1. The average molecular weight is 394 g/mol. The fourth-order valence-electron chi connectivity index (χ4n) is 3.54. The van der Waals surface area contributed by atoms with Gasteiger partial charge < -0.3 is 20.1 Å². The van der Waals surface area contributed by atoms with Crippen molar-refractivity contribution in [3.63, 3.8) is 0 Å². The molecule has 1 fully saturated rings. The topological polar surface area (TPSA) is 108 Å². The van der Waals surface area contributed by atoms with Crippen LogP contribution in [0.4, 0.5) is 5.82 Å². The molecule has 1 aromatic carbocycles. The quantitative estimate of drug-likeness (QED) is 0.634. The molecule has 29 heavy (non-hydrogen) atoms. The van der Waals surface area contributed by atoms with Crippen molar-refractivity contribution in [2.45, 2.75) is 6.54 Å². The summed E-state index contributed by atoms with van der Waals surface area (Å²) >= 11 is 0. The van der Waals surface area contributed by atoms with E-state index in [1.807, 2.05) is 16.8 Å². The van der Waals surface area contributed by atoms with Crippen LogP contribution in [0.25, 0.3) is 22.3 Å². The molecule has 2 aromatic heterocycles. The Morgan fingerprint density at radius 3 is 2.55 bits per heavy atom. The second kappa shape index (κ2) is 7.42. The number of aromatic nitrogens is 4. The van der Waals surface area contributed by atoms with Gasteiger partial charge in [-0.2, -0.15) is 5.10 Å². The van der Waals surface area contributed by atoms with E-state index >= 15 is 0 Å². The van der Waals surface area contributed by atoms with Crippen molar-refractivity contribution in [1.29, 1.82) is 0 Å². The number of carbonyl (C=O) groups is 1. The molecule has 9 heteroatoms. The maximum atomic E-state index is 11.7. The highest BCUT2D eigenvalue weighted by molar-refractivity contribution is 5.98. The molecule has 1 aliphatic heterocycles. The van der Waals surface area contributed by atoms with Crippen LogP contribution in [0.1, 0.15) is 0 Å². The van der Waals surface area contributed by atoms with E-state index in [0.717, 1.165) is 5.56 Å². The van der Waals surface area contributed by atoms with Gasteiger partial charge in [-0.25, -0.2) is 14.6 Å². The van der Waals surface area contributed by atoms with E-state index in [-0.39, 0.29) is 11.8 Å². The van der Waals surface area contributed by atoms with Crippen molar-refractivity contribution in [2.24, 2.45) is 5.92 Å². The van der Waals surface area contributed by atoms with Gasteiger partial charge in [0.05, 0.1) is 19.6 Å². The minimum atomic E-state index is -0.0534. The molecule has 0 radical (unpaired) electrons. The number of rotatable bonds is 6. The molecule has 1 aliphatic rings. The third kappa shape index (κ3) is 3.35. The predicted octanol–water partition coefficient (Wildman–Crippen LogP) is 1.74. The molecule has 0 bridgehead atoms. The second-order valence-corrected chi connectivity index (χ2v) is 6.90. The van der Waals surface area contributed by atoms with Crippen molar-refractivity contribution in [3.05, 3.63) is 37.2 Å². The lowest BCUT2D eigenvalue weighted by Gasteiger charge is -2.38. The zero-order chi connectivity index (χ0) is 20.5. The third-order valence-electron chi connectivity index (χ3n) is 5.06. The molecule has 1 amide bonds. The number of nitrogen functional groups attached to an aromatic ring is 1. The molecule has 0 unspecified atom stereocenters. The standard InChI is InChI=1S/C20H22N6O3/c1-4-16(27)25-8-12(9-25)10-26-20-17(19(21)22-11-23-20)18(24-26)13-5-14(28-2)7-15(6-13)29-3/h4-7,11-12H,1,8-10H2,2-3H3,(H2,21,22,23). The van der Waals surface area contributed by atoms with Gasteiger partial charge >= 0.3 is 0 Å². The summed E-state index contributed by atoms with van der Waals surface area (Å²) in [5.74, 6) is 1.88. The molecule has 0 atom stereocenters. The molecule has 0 saturated carbocycles. The number of fused-ring (bicyclic) bond motifs is 1. The maximum Gasteiger partial charge on any atom is 0.245 e. The van der Waals surface area contributed by atoms with Crippen molar-refractivity contribution >= 4 is 22.8 Å². The summed E-state index contributed by atoms with van der Waals surface area (Å²) in [6.07, 6.45) is 2.77. The predicted molar refractivity (Wildman–Crippen MR) is 109 cm³/mol. The molecular weight excluding hydrogens is 372 g/mol. The Morgan fingerprint density at radius 2 is 1.93 bits per heavy atom. The Morgan fingerprint density at radius 1 is 1.24 bits per heavy atom. The van der Waals surface area contributed by atoms with Crippen LogP contribution in [0.15, 0.2) is 37.2 Å². The number of nitrogens with two attached hydrogens (primary N) is 1. The highest BCUT2D eigenvalue weighted by Crippen LogP contribution is 2.35. The third-order valence-corrected chi connectivity index (χ3v) is 5.06. The number of benzene rings is 1. The van der Waals surface area contributed by atoms with Gasteiger partial charge in [-0.3, -0.25) is 4.79 Å². The Bertz CT molecular complexity index is 1070. The highest BCUT2D eigenvalue weighted by atomic mass is 16.5. The first-order valence-corrected chi connectivity index (χ1v) is 9.15. The van der Waals surface area contributed by atoms with Gasteiger partial charge in [-0.1, -0.05) is 6.58 Å². The first-order valence-electron chi connectivity index (χ1n) is 9.15. The van der Waals surface area contributed by atoms with Gasteiger partial charge in [-0.05, 0) is 18.2 Å². The average Bonchev–Trinajstić information content (AvgIpc) is 3.09. The second-order valence-electron chi connectivity index (χ2n) is 6.90. The van der Waals surface area contributed by atoms with Crippen LogP contribution >= 0.6 is 0 Å². The first kappa shape index (κ1) is 18.7. The number of methoxy groups -OCH3 is 2. The van der Waals surface area contributed by atoms with E-state index in [9.17, 15) is 4.79 Å². The summed E-state index contributed by atoms with van der Waals surface area (Å²) in [5, 5.41) is 5.46. The summed E-state index contributed by atoms with van der Waals surface area (Å²) < 4.78 is 12.6. The minimum Gasteiger partial charge on any atom is -0.497 e. The van der Waals surface area contributed by atoms with E-state index in [0.29, 0.717) is 53.7 Å². The fraction of sp³-hybridized carbons (Fsp3) is 0.300. The fourth-order valence-corrected chi connectivity index (χ4v) is 3.54. The van der Waals surface area contributed by atoms with Crippen molar-refractivity contribution in [3.8, 4) is 22.8 Å². The van der Waals surface area contributed by atoms with Crippen molar-refractivity contribution in [1.82, 2.24) is 24.6 Å². The van der Waals surface area contributed by atoms with E-state index in [1.165, 1.54) is 12.4 Å². The van der Waals surface area contributed by atoms with Gasteiger partial charge in [0, 0.05) is 37.2 Å². The lowest BCUT2D eigenvalue weighted by atomic mass is 10.0. The molecule has 1 saturated heterocycles. The Kier molecular flexibility index (Phi) is 4.79. The molecule has 2 N–H and O–H groups in total. The lowest BCUT2D eigenvalue weighted by Crippen LogP contribution is -2.50. The Balaban J connectivity index is 1.73. The van der Waals surface area contributed by atoms with Gasteiger partial charge in [0.25, 0.3) is 0 Å². The highest BCUT2D eigenvalue weighted by Gasteiger charge is 2.31. The summed E-state index contributed by atoms with van der Waals surface area (Å²) in [6.45, 7) is 5.47. The molecular formula is C20H22N6O3. The molecule has 3 heterocycles. The van der Waals surface area contributed by atoms with E-state index in [1.54, 1.807) is 25.2 Å². The van der Waals surface area contributed by atoms with Crippen LogP contribution in [-0.2, 0) is 11.3 Å². The monoisotopic (exact) mass is 394 g/mol. The lowest BCUT2D eigenvalue weighted by molar-refractivity contribution is -0.132. The molecule has 3 aromatic rings. The van der Waals surface area contributed by atoms with Gasteiger partial charge in [0.15, 0.2) is 5.65 Å². The van der Waals surface area contributed by atoms with Crippen LogP contribution in [0, 0.1) is 5.92 Å². The van der Waals surface area contributed by atoms with Crippen LogP contribution in [0.5, 0.6) is 11.5 Å². The molecule has 9 nitrogen and oxygen atoms in total. The van der Waals surface area contributed by atoms with Crippen LogP contribution < -0.4 is 15.2 Å². The normalized spacial score (nSPS) is 13.9. The van der Waals surface area contributed by atoms with Crippen molar-refractivity contribution < 1.29 is 14.3 Å². The SMILES string of the molecule is C=CC(=O)N1CC(Cn2nc(-c3cc(OC)cc(OC)c3)c3c(N)ncnc32)C1. The zero-order valence-corrected chi connectivity index (χ0v) is 16.3. The summed E-state index contributed by atoms with van der Waals surface area (Å²) in [5.41, 5.74) is 8.29. The maximum absolute atomic E-state index is 11.7. The van der Waals surface area contributed by atoms with E-state index in [2.05, 4.69) is 16.5 Å². The van der Waals surface area contributed by atoms with E-state index < -0.39 is 0 Å². The first-order chi connectivity index (χ1) is 14.0. The number of amides is 1. The van der Waals surface area contributed by atoms with Crippen LogP contribution in [0.3, 0.4) is 0 Å². The number of carbonyl (C=O) groups excluding carboxylic acids is 1. The number of nitrogens with zero attached hydrogens (tertiary/aromatic N) is 5. The molecule has 4 rings (SSSR count). The van der Waals surface area contributed by atoms with Gasteiger partial charge in [0.1, 0.15) is 29.3 Å². The van der Waals surface area contributed by atoms with Gasteiger partial charge in [-0.15, -0.1) is 0 Å². The summed E-state index contributed by atoms with van der Waals surface area (Å²) in [4.78, 5) is 22.0. The number of anilines is 1. The summed E-state index contributed by atoms with van der Waals surface area (Å²) in [6, 6.07) is 5.53. The molecule has 0 aliphatic carbocycles. The summed E-state index contributed by atoms with van der Waals surface area (Å²) in [7, 11) is 3.19. The van der Waals surface area contributed by atoms with Gasteiger partial charge in [0.2, 0.25) is 5.91 Å². The molecule has 0 spiro atoms. The Labute approximate surface area is 167 Å². The largest absolute Gasteiger partial charge is 0.497 e. The zero-order valence-electron chi connectivity index (χ0n) is 16.3. The number of hydrogen-bond acceptors (Lipinski definition) is 7. The molecule has 150 valence electrons. The number of ether oxygens (including phenoxy) is 2. The Hall–Kier alpha value is -3.62. The number of likely N-dealkylation sites (tertiary alicyclic amines) is 1. The van der Waals surface area contributed by atoms with Crippen LogP contribution in [0.2, 0.25) is 0 Å². The smallest absolute Gasteiger partial charge is 0.245 e. The van der Waals surface area contributed by atoms with E-state index in [4.69, 9.17) is 20.3 Å². The van der Waals surface area contributed by atoms with Crippen LogP contribution in [-0.4, -0.2) is 57.9 Å². The van der Waals surface area contributed by atoms with Crippen molar-refractivity contribution in [2.75, 3.05) is 33.0 Å². The minimum absolute atomic E-state index is 0.0534.